The maximum absolute atomic E-state index is 13.4. The fourth-order valence-corrected chi connectivity index (χ4v) is 6.95. The molecule has 2 aliphatic rings. The fraction of sp³-hybridized carbons (Fsp3) is 0.375. The van der Waals surface area contributed by atoms with Gasteiger partial charge in [-0.2, -0.15) is 0 Å². The van der Waals surface area contributed by atoms with Gasteiger partial charge in [0.05, 0.1) is 4.90 Å². The van der Waals surface area contributed by atoms with E-state index in [1.54, 1.807) is 18.2 Å². The molecular formula is C32H37N3O4S. The molecule has 0 aromatic heterocycles. The molecule has 0 bridgehead atoms. The number of nitrogens with zero attached hydrogens (tertiary/aromatic N) is 1. The van der Waals surface area contributed by atoms with Gasteiger partial charge in [0, 0.05) is 37.0 Å². The van der Waals surface area contributed by atoms with E-state index in [1.807, 2.05) is 35.2 Å². The molecule has 0 unspecified atom stereocenters. The van der Waals surface area contributed by atoms with E-state index in [-0.39, 0.29) is 28.5 Å². The van der Waals surface area contributed by atoms with Crippen molar-refractivity contribution in [3.05, 3.63) is 90.0 Å². The van der Waals surface area contributed by atoms with Gasteiger partial charge in [-0.15, -0.1) is 0 Å². The van der Waals surface area contributed by atoms with E-state index in [0.29, 0.717) is 18.0 Å². The lowest BCUT2D eigenvalue weighted by Gasteiger charge is -2.34. The molecule has 1 aliphatic heterocycles. The number of carbonyl (C=O) groups excluding carboxylic acids is 2. The predicted octanol–water partition coefficient (Wildman–Crippen LogP) is 4.51. The highest BCUT2D eigenvalue weighted by Gasteiger charge is 2.40. The van der Waals surface area contributed by atoms with Gasteiger partial charge in [0.1, 0.15) is 0 Å². The standard InChI is InChI=1S/C32H37N3O4S/c33-40(38,39)30-12-5-4-9-27(30)26-15-13-25(14-16-26)22-34-31(36)28-10-6-11-29(28)32(37)35-19-17-24(18-20-35)21-23-7-2-1-3-8-23/h1-5,7-9,12-16,24,28-29H,6,10-11,17-22H2,(H,34,36)(H2,33,38,39)/t28-,29-/m1/s1. The highest BCUT2D eigenvalue weighted by Crippen LogP contribution is 2.35. The third kappa shape index (κ3) is 6.62. The zero-order valence-electron chi connectivity index (χ0n) is 22.7. The Balaban J connectivity index is 1.14. The van der Waals surface area contributed by atoms with Crippen LogP contribution in [0.25, 0.3) is 11.1 Å². The van der Waals surface area contributed by atoms with Crippen LogP contribution in [0.1, 0.15) is 43.2 Å². The molecule has 3 aromatic carbocycles. The number of amides is 2. The maximum Gasteiger partial charge on any atom is 0.238 e. The Hall–Kier alpha value is -3.49. The molecule has 7 nitrogen and oxygen atoms in total. The van der Waals surface area contributed by atoms with Crippen molar-refractivity contribution in [2.24, 2.45) is 22.9 Å². The molecule has 3 aromatic rings. The summed E-state index contributed by atoms with van der Waals surface area (Å²) in [5, 5.41) is 8.41. The number of piperidine rings is 1. The van der Waals surface area contributed by atoms with Crippen molar-refractivity contribution in [3.8, 4) is 11.1 Å². The average molecular weight is 560 g/mol. The third-order valence-corrected chi connectivity index (χ3v) is 9.36. The molecular weight excluding hydrogens is 522 g/mol. The second-order valence-electron chi connectivity index (χ2n) is 11.1. The Morgan fingerprint density at radius 1 is 0.800 bits per heavy atom. The van der Waals surface area contributed by atoms with Crippen molar-refractivity contribution in [1.29, 1.82) is 0 Å². The number of carbonyl (C=O) groups is 2. The van der Waals surface area contributed by atoms with Crippen molar-refractivity contribution in [1.82, 2.24) is 10.2 Å². The molecule has 210 valence electrons. The summed E-state index contributed by atoms with van der Waals surface area (Å²) in [4.78, 5) is 28.6. The van der Waals surface area contributed by atoms with E-state index >= 15 is 0 Å². The summed E-state index contributed by atoms with van der Waals surface area (Å²) in [6.45, 7) is 1.88. The zero-order chi connectivity index (χ0) is 28.1. The van der Waals surface area contributed by atoms with Crippen molar-refractivity contribution >= 4 is 21.8 Å². The van der Waals surface area contributed by atoms with Gasteiger partial charge >= 0.3 is 0 Å². The van der Waals surface area contributed by atoms with Crippen LogP contribution < -0.4 is 10.5 Å². The number of sulfonamides is 1. The van der Waals surface area contributed by atoms with Gasteiger partial charge in [0.25, 0.3) is 0 Å². The first kappa shape index (κ1) is 28.1. The van der Waals surface area contributed by atoms with Crippen molar-refractivity contribution in [2.75, 3.05) is 13.1 Å². The molecule has 2 fully saturated rings. The number of primary sulfonamides is 1. The molecule has 1 heterocycles. The van der Waals surface area contributed by atoms with E-state index in [9.17, 15) is 18.0 Å². The van der Waals surface area contributed by atoms with Crippen LogP contribution in [0.15, 0.2) is 83.8 Å². The number of likely N-dealkylation sites (tertiary alicyclic amines) is 1. The van der Waals surface area contributed by atoms with Crippen molar-refractivity contribution < 1.29 is 18.0 Å². The van der Waals surface area contributed by atoms with Crippen LogP contribution in [0.5, 0.6) is 0 Å². The first-order chi connectivity index (χ1) is 19.3. The maximum atomic E-state index is 13.4. The Kier molecular flexibility index (Phi) is 8.66. The largest absolute Gasteiger partial charge is 0.352 e. The number of hydrogen-bond donors (Lipinski definition) is 2. The lowest BCUT2D eigenvalue weighted by atomic mass is 9.88. The predicted molar refractivity (Wildman–Crippen MR) is 155 cm³/mol. The van der Waals surface area contributed by atoms with Crippen LogP contribution in [-0.2, 0) is 32.6 Å². The summed E-state index contributed by atoms with van der Waals surface area (Å²) in [7, 11) is -3.85. The van der Waals surface area contributed by atoms with Gasteiger partial charge in [-0.25, -0.2) is 13.6 Å². The highest BCUT2D eigenvalue weighted by molar-refractivity contribution is 7.89. The summed E-state index contributed by atoms with van der Waals surface area (Å²) in [5.74, 6) is 0.110. The van der Waals surface area contributed by atoms with Gasteiger partial charge in [0.15, 0.2) is 0 Å². The summed E-state index contributed by atoms with van der Waals surface area (Å²) < 4.78 is 23.9. The second kappa shape index (κ2) is 12.4. The van der Waals surface area contributed by atoms with Gasteiger partial charge < -0.3 is 10.2 Å². The first-order valence-electron chi connectivity index (χ1n) is 14.1. The van der Waals surface area contributed by atoms with Crippen LogP contribution >= 0.6 is 0 Å². The lowest BCUT2D eigenvalue weighted by molar-refractivity contribution is -0.142. The topological polar surface area (TPSA) is 110 Å². The number of benzene rings is 3. The first-order valence-corrected chi connectivity index (χ1v) is 15.7. The van der Waals surface area contributed by atoms with Crippen LogP contribution in [0.4, 0.5) is 0 Å². The van der Waals surface area contributed by atoms with Crippen LogP contribution in [-0.4, -0.2) is 38.2 Å². The van der Waals surface area contributed by atoms with Gasteiger partial charge in [-0.1, -0.05) is 79.2 Å². The molecule has 1 saturated heterocycles. The summed E-state index contributed by atoms with van der Waals surface area (Å²) in [6, 6.07) is 24.5. The average Bonchev–Trinajstić information content (AvgIpc) is 3.47. The Morgan fingerprint density at radius 3 is 2.15 bits per heavy atom. The second-order valence-corrected chi connectivity index (χ2v) is 12.6. The van der Waals surface area contributed by atoms with Crippen molar-refractivity contribution in [3.63, 3.8) is 0 Å². The summed E-state index contributed by atoms with van der Waals surface area (Å²) >= 11 is 0. The molecule has 5 rings (SSSR count). The summed E-state index contributed by atoms with van der Waals surface area (Å²) in [5.41, 5.74) is 3.51. The molecule has 2 atom stereocenters. The lowest BCUT2D eigenvalue weighted by Crippen LogP contribution is -2.45. The molecule has 3 N–H and O–H groups in total. The Labute approximate surface area is 236 Å². The minimum Gasteiger partial charge on any atom is -0.352 e. The van der Waals surface area contributed by atoms with Gasteiger partial charge in [-0.3, -0.25) is 9.59 Å². The SMILES string of the molecule is NS(=O)(=O)c1ccccc1-c1ccc(CNC(=O)[C@@H]2CCC[C@H]2C(=O)N2CCC(Cc3ccccc3)CC2)cc1. The van der Waals surface area contributed by atoms with Crippen LogP contribution in [0.2, 0.25) is 0 Å². The Morgan fingerprint density at radius 2 is 1.45 bits per heavy atom. The molecule has 0 spiro atoms. The number of nitrogens with two attached hydrogens (primary N) is 1. The minimum absolute atomic E-state index is 0.0709. The smallest absolute Gasteiger partial charge is 0.238 e. The van der Waals surface area contributed by atoms with E-state index in [0.717, 1.165) is 62.7 Å². The summed E-state index contributed by atoms with van der Waals surface area (Å²) in [6.07, 6.45) is 5.44. The molecule has 1 saturated carbocycles. The van der Waals surface area contributed by atoms with Crippen LogP contribution in [0, 0.1) is 17.8 Å². The number of hydrogen-bond acceptors (Lipinski definition) is 4. The molecule has 2 amide bonds. The normalized spacial score (nSPS) is 19.9. The number of nitrogens with one attached hydrogen (secondary N) is 1. The quantitative estimate of drug-likeness (QED) is 0.423. The highest BCUT2D eigenvalue weighted by atomic mass is 32.2. The molecule has 40 heavy (non-hydrogen) atoms. The van der Waals surface area contributed by atoms with E-state index in [4.69, 9.17) is 5.14 Å². The fourth-order valence-electron chi connectivity index (χ4n) is 6.18. The molecule has 0 radical (unpaired) electrons. The molecule has 1 aliphatic carbocycles. The van der Waals surface area contributed by atoms with E-state index in [2.05, 4.69) is 29.6 Å². The van der Waals surface area contributed by atoms with Crippen LogP contribution in [0.3, 0.4) is 0 Å². The van der Waals surface area contributed by atoms with Gasteiger partial charge in [-0.05, 0) is 60.8 Å². The zero-order valence-corrected chi connectivity index (χ0v) is 23.5. The monoisotopic (exact) mass is 559 g/mol. The Bertz CT molecular complexity index is 1430. The van der Waals surface area contributed by atoms with E-state index in [1.165, 1.54) is 11.6 Å². The van der Waals surface area contributed by atoms with E-state index < -0.39 is 10.0 Å². The van der Waals surface area contributed by atoms with Gasteiger partial charge in [0.2, 0.25) is 21.8 Å². The van der Waals surface area contributed by atoms with Crippen molar-refractivity contribution in [2.45, 2.75) is 50.0 Å². The minimum atomic E-state index is -3.85. The third-order valence-electron chi connectivity index (χ3n) is 8.39. The number of rotatable bonds is 8. The molecule has 8 heteroatoms.